The number of rotatable bonds is 5. The first kappa shape index (κ1) is 15.2. The Labute approximate surface area is 118 Å². The Bertz CT molecular complexity index is 256. The predicted molar refractivity (Wildman–Crippen MR) is 79.6 cm³/mol. The maximum absolute atomic E-state index is 5.65. The van der Waals surface area contributed by atoms with Crippen molar-refractivity contribution >= 4 is 0 Å². The Hall–Kier alpha value is -0.160. The molecule has 2 fully saturated rings. The van der Waals surface area contributed by atoms with Crippen LogP contribution in [0.1, 0.15) is 33.1 Å². The summed E-state index contributed by atoms with van der Waals surface area (Å²) in [6.45, 7) is 11.4. The van der Waals surface area contributed by atoms with Crippen LogP contribution in [-0.4, -0.2) is 74.4 Å². The van der Waals surface area contributed by atoms with Gasteiger partial charge in [-0.2, -0.15) is 0 Å². The van der Waals surface area contributed by atoms with Gasteiger partial charge in [-0.05, 0) is 46.7 Å². The fraction of sp³-hybridized carbons (Fsp3) is 1.00. The zero-order valence-corrected chi connectivity index (χ0v) is 12.9. The van der Waals surface area contributed by atoms with Crippen LogP contribution in [0.15, 0.2) is 0 Å². The molecule has 0 aliphatic carbocycles. The molecule has 2 heterocycles. The van der Waals surface area contributed by atoms with E-state index in [1.165, 1.54) is 38.9 Å². The first-order valence-corrected chi connectivity index (χ1v) is 7.93. The molecular weight excluding hydrogens is 238 g/mol. The number of nitrogens with one attached hydrogen (secondary N) is 1. The molecule has 0 spiro atoms. The number of nitrogens with zero attached hydrogens (tertiary/aromatic N) is 2. The first-order chi connectivity index (χ1) is 9.16. The van der Waals surface area contributed by atoms with E-state index in [1.807, 2.05) is 0 Å². The Morgan fingerprint density at radius 3 is 2.89 bits per heavy atom. The minimum absolute atomic E-state index is 0.458. The average molecular weight is 269 g/mol. The summed E-state index contributed by atoms with van der Waals surface area (Å²) >= 11 is 0. The summed E-state index contributed by atoms with van der Waals surface area (Å²) in [5.74, 6) is 0. The van der Waals surface area contributed by atoms with Gasteiger partial charge in [-0.3, -0.25) is 4.90 Å². The molecular formula is C15H31N3O. The summed E-state index contributed by atoms with van der Waals surface area (Å²) in [5.41, 5.74) is 0. The van der Waals surface area contributed by atoms with Crippen LogP contribution in [0.2, 0.25) is 0 Å². The smallest absolute Gasteiger partial charge is 0.0700 e. The second-order valence-corrected chi connectivity index (χ2v) is 6.34. The molecule has 2 rings (SSSR count). The van der Waals surface area contributed by atoms with Crippen molar-refractivity contribution in [2.24, 2.45) is 0 Å². The van der Waals surface area contributed by atoms with Gasteiger partial charge < -0.3 is 15.0 Å². The van der Waals surface area contributed by atoms with Gasteiger partial charge in [0.15, 0.2) is 0 Å². The topological polar surface area (TPSA) is 27.7 Å². The highest BCUT2D eigenvalue weighted by Crippen LogP contribution is 2.13. The van der Waals surface area contributed by atoms with Gasteiger partial charge in [-0.25, -0.2) is 0 Å². The molecule has 0 aromatic carbocycles. The molecule has 3 atom stereocenters. The summed E-state index contributed by atoms with van der Waals surface area (Å²) in [7, 11) is 2.24. The van der Waals surface area contributed by atoms with E-state index in [2.05, 4.69) is 36.0 Å². The van der Waals surface area contributed by atoms with Crippen molar-refractivity contribution in [1.82, 2.24) is 15.1 Å². The number of hydrogen-bond acceptors (Lipinski definition) is 4. The van der Waals surface area contributed by atoms with Gasteiger partial charge in [0.1, 0.15) is 0 Å². The third-order valence-electron chi connectivity index (χ3n) is 4.50. The van der Waals surface area contributed by atoms with E-state index < -0.39 is 0 Å². The number of hydrogen-bond donors (Lipinski definition) is 1. The molecule has 2 aliphatic heterocycles. The number of ether oxygens (including phenoxy) is 1. The third-order valence-corrected chi connectivity index (χ3v) is 4.50. The summed E-state index contributed by atoms with van der Waals surface area (Å²) in [5, 5.41) is 3.60. The lowest BCUT2D eigenvalue weighted by atomic mass is 10.2. The number of likely N-dealkylation sites (N-methyl/N-ethyl adjacent to an activating group) is 1. The maximum atomic E-state index is 5.65. The molecule has 4 heteroatoms. The van der Waals surface area contributed by atoms with Gasteiger partial charge in [0.05, 0.1) is 6.10 Å². The molecule has 0 radical (unpaired) electrons. The van der Waals surface area contributed by atoms with Crippen LogP contribution in [0.4, 0.5) is 0 Å². The van der Waals surface area contributed by atoms with Crippen LogP contribution >= 0.6 is 0 Å². The second kappa shape index (κ2) is 7.58. The minimum Gasteiger partial charge on any atom is -0.377 e. The summed E-state index contributed by atoms with van der Waals surface area (Å²) in [4.78, 5) is 5.11. The Kier molecular flexibility index (Phi) is 6.07. The van der Waals surface area contributed by atoms with Crippen LogP contribution in [0.5, 0.6) is 0 Å². The van der Waals surface area contributed by atoms with E-state index in [1.54, 1.807) is 0 Å². The quantitative estimate of drug-likeness (QED) is 0.811. The van der Waals surface area contributed by atoms with E-state index in [0.717, 1.165) is 19.7 Å². The van der Waals surface area contributed by atoms with Crippen LogP contribution in [0.3, 0.4) is 0 Å². The van der Waals surface area contributed by atoms with Gasteiger partial charge in [0, 0.05) is 44.9 Å². The molecule has 4 nitrogen and oxygen atoms in total. The van der Waals surface area contributed by atoms with E-state index >= 15 is 0 Å². The van der Waals surface area contributed by atoms with Crippen molar-refractivity contribution in [2.45, 2.75) is 51.3 Å². The highest BCUT2D eigenvalue weighted by Gasteiger charge is 2.24. The van der Waals surface area contributed by atoms with Crippen LogP contribution in [0.25, 0.3) is 0 Å². The molecule has 2 aliphatic rings. The lowest BCUT2D eigenvalue weighted by molar-refractivity contribution is 0.104. The normalized spacial score (nSPS) is 32.4. The molecule has 0 amide bonds. The third kappa shape index (κ3) is 4.71. The second-order valence-electron chi connectivity index (χ2n) is 6.34. The molecule has 1 N–H and O–H groups in total. The fourth-order valence-corrected chi connectivity index (χ4v) is 3.42. The van der Waals surface area contributed by atoms with E-state index in [9.17, 15) is 0 Å². The summed E-state index contributed by atoms with van der Waals surface area (Å²) in [6.07, 6.45) is 4.21. The lowest BCUT2D eigenvalue weighted by Gasteiger charge is -2.33. The maximum Gasteiger partial charge on any atom is 0.0700 e. The van der Waals surface area contributed by atoms with Gasteiger partial charge in [0.25, 0.3) is 0 Å². The fourth-order valence-electron chi connectivity index (χ4n) is 3.42. The lowest BCUT2D eigenvalue weighted by Crippen LogP contribution is -2.48. The van der Waals surface area contributed by atoms with E-state index in [-0.39, 0.29) is 0 Å². The van der Waals surface area contributed by atoms with E-state index in [0.29, 0.717) is 18.2 Å². The molecule has 0 aromatic heterocycles. The molecule has 112 valence electrons. The monoisotopic (exact) mass is 269 g/mol. The van der Waals surface area contributed by atoms with Crippen molar-refractivity contribution < 1.29 is 4.74 Å². The van der Waals surface area contributed by atoms with Crippen LogP contribution < -0.4 is 5.32 Å². The van der Waals surface area contributed by atoms with E-state index in [4.69, 9.17) is 4.74 Å². The van der Waals surface area contributed by atoms with Gasteiger partial charge in [0.2, 0.25) is 0 Å². The largest absolute Gasteiger partial charge is 0.377 e. The van der Waals surface area contributed by atoms with Crippen molar-refractivity contribution in [1.29, 1.82) is 0 Å². The first-order valence-electron chi connectivity index (χ1n) is 7.93. The van der Waals surface area contributed by atoms with Crippen molar-refractivity contribution in [3.05, 3.63) is 0 Å². The van der Waals surface area contributed by atoms with Crippen LogP contribution in [-0.2, 0) is 4.74 Å². The Morgan fingerprint density at radius 2 is 2.16 bits per heavy atom. The van der Waals surface area contributed by atoms with Crippen molar-refractivity contribution in [2.75, 3.05) is 46.4 Å². The van der Waals surface area contributed by atoms with Crippen LogP contribution in [0, 0.1) is 0 Å². The van der Waals surface area contributed by atoms with Gasteiger partial charge in [-0.1, -0.05) is 0 Å². The van der Waals surface area contributed by atoms with Gasteiger partial charge in [-0.15, -0.1) is 0 Å². The highest BCUT2D eigenvalue weighted by molar-refractivity contribution is 4.81. The van der Waals surface area contributed by atoms with Crippen molar-refractivity contribution in [3.8, 4) is 0 Å². The average Bonchev–Trinajstić information content (AvgIpc) is 2.81. The molecule has 0 bridgehead atoms. The summed E-state index contributed by atoms with van der Waals surface area (Å²) < 4.78 is 5.65. The molecule has 3 unspecified atom stereocenters. The highest BCUT2D eigenvalue weighted by atomic mass is 16.5. The molecule has 0 aromatic rings. The summed E-state index contributed by atoms with van der Waals surface area (Å²) in [6, 6.07) is 1.27. The molecule has 19 heavy (non-hydrogen) atoms. The predicted octanol–water partition coefficient (Wildman–Crippen LogP) is 1.17. The van der Waals surface area contributed by atoms with Crippen molar-refractivity contribution in [3.63, 3.8) is 0 Å². The molecule has 2 saturated heterocycles. The minimum atomic E-state index is 0.458. The molecule has 0 saturated carbocycles. The Morgan fingerprint density at radius 1 is 1.32 bits per heavy atom. The van der Waals surface area contributed by atoms with Gasteiger partial charge >= 0.3 is 0 Å². The zero-order valence-electron chi connectivity index (χ0n) is 12.9. The Balaban J connectivity index is 1.70. The SMILES string of the molecule is CC(CNCC1CCCO1)N1CCCN(C)CC1C. The standard InChI is InChI=1S/C15H31N3O/c1-13(10-16-11-15-6-4-9-19-15)18-8-5-7-17(3)12-14(18)2/h13-16H,4-12H2,1-3H3. The zero-order chi connectivity index (χ0) is 13.7.